The maximum atomic E-state index is 13.2. The molecule has 3 nitrogen and oxygen atoms in total. The maximum absolute atomic E-state index is 13.2. The molecule has 0 saturated carbocycles. The van der Waals surface area contributed by atoms with Crippen molar-refractivity contribution >= 4 is 11.6 Å². The third kappa shape index (κ3) is 3.50. The molecular weight excluding hydrogens is 332 g/mol. The molecule has 2 aromatic carbocycles. The minimum absolute atomic E-state index is 0.147. The van der Waals surface area contributed by atoms with Gasteiger partial charge in [-0.1, -0.05) is 48.5 Å². The lowest BCUT2D eigenvalue weighted by atomic mass is 10.1. The first-order valence-corrected chi connectivity index (χ1v) is 9.58. The largest absolute Gasteiger partial charge is 0.303 e. The Morgan fingerprint density at radius 2 is 1.63 bits per heavy atom. The van der Waals surface area contributed by atoms with E-state index in [4.69, 9.17) is 0 Å². The third-order valence-corrected chi connectivity index (χ3v) is 5.42. The molecule has 3 heteroatoms. The molecule has 136 valence electrons. The average molecular weight is 357 g/mol. The number of pyridine rings is 1. The minimum atomic E-state index is -0.232. The summed E-state index contributed by atoms with van der Waals surface area (Å²) >= 11 is 0. The van der Waals surface area contributed by atoms with Gasteiger partial charge in [-0.15, -0.1) is 0 Å². The van der Waals surface area contributed by atoms with Crippen molar-refractivity contribution in [2.45, 2.75) is 38.8 Å². The molecular formula is C24H25N2O+. The molecule has 0 fully saturated rings. The van der Waals surface area contributed by atoms with Crippen molar-refractivity contribution in [2.75, 3.05) is 4.90 Å². The molecule has 0 unspecified atom stereocenters. The van der Waals surface area contributed by atoms with E-state index in [1.165, 1.54) is 16.7 Å². The minimum Gasteiger partial charge on any atom is -0.303 e. The molecule has 1 aromatic heterocycles. The average Bonchev–Trinajstić information content (AvgIpc) is 3.04. The van der Waals surface area contributed by atoms with Crippen LogP contribution in [-0.2, 0) is 17.6 Å². The van der Waals surface area contributed by atoms with Gasteiger partial charge in [-0.05, 0) is 42.5 Å². The van der Waals surface area contributed by atoms with Gasteiger partial charge in [-0.25, -0.2) is 0 Å². The van der Waals surface area contributed by atoms with E-state index in [-0.39, 0.29) is 18.0 Å². The number of carbonyl (C=O) groups excluding carboxylic acids is 1. The lowest BCUT2D eigenvalue weighted by Gasteiger charge is -2.23. The fourth-order valence-corrected chi connectivity index (χ4v) is 3.91. The molecule has 1 amide bonds. The summed E-state index contributed by atoms with van der Waals surface area (Å²) in [7, 11) is 0. The summed E-state index contributed by atoms with van der Waals surface area (Å²) in [6, 6.07) is 22.9. The zero-order valence-corrected chi connectivity index (χ0v) is 15.9. The van der Waals surface area contributed by atoms with Gasteiger partial charge in [0.1, 0.15) is 0 Å². The van der Waals surface area contributed by atoms with Gasteiger partial charge in [0.25, 0.3) is 5.91 Å². The summed E-state index contributed by atoms with van der Waals surface area (Å²) in [5.74, 6) is 0.147. The normalized spacial score (nSPS) is 16.8. The number of hydrogen-bond donors (Lipinski definition) is 0. The van der Waals surface area contributed by atoms with Crippen LogP contribution in [0.4, 0.5) is 5.69 Å². The van der Waals surface area contributed by atoms with Crippen LogP contribution >= 0.6 is 0 Å². The lowest BCUT2D eigenvalue weighted by molar-refractivity contribution is -0.705. The Hall–Kier alpha value is -2.94. The summed E-state index contributed by atoms with van der Waals surface area (Å²) in [4.78, 5) is 15.2. The van der Waals surface area contributed by atoms with Gasteiger partial charge in [-0.2, -0.15) is 4.57 Å². The number of para-hydroxylation sites is 1. The number of amides is 1. The number of carbonyl (C=O) groups is 1. The first kappa shape index (κ1) is 17.5. The molecule has 0 radical (unpaired) electrons. The number of nitrogens with zero attached hydrogens (tertiary/aromatic N) is 2. The van der Waals surface area contributed by atoms with Crippen molar-refractivity contribution in [1.29, 1.82) is 0 Å². The van der Waals surface area contributed by atoms with Gasteiger partial charge < -0.3 is 4.90 Å². The second kappa shape index (κ2) is 7.36. The van der Waals surface area contributed by atoms with Crippen LogP contribution < -0.4 is 9.47 Å². The van der Waals surface area contributed by atoms with E-state index < -0.39 is 0 Å². The topological polar surface area (TPSA) is 24.2 Å². The Kier molecular flexibility index (Phi) is 4.76. The van der Waals surface area contributed by atoms with Gasteiger partial charge in [0.05, 0.1) is 0 Å². The summed E-state index contributed by atoms with van der Waals surface area (Å²) in [6.45, 7) is 4.10. The Morgan fingerprint density at radius 1 is 1.00 bits per heavy atom. The van der Waals surface area contributed by atoms with Crippen LogP contribution in [0.25, 0.3) is 0 Å². The van der Waals surface area contributed by atoms with Crippen LogP contribution in [0.5, 0.6) is 0 Å². The van der Waals surface area contributed by atoms with Gasteiger partial charge in [0.15, 0.2) is 12.4 Å². The van der Waals surface area contributed by atoms with E-state index in [2.05, 4.69) is 55.5 Å². The summed E-state index contributed by atoms with van der Waals surface area (Å²) in [5, 5.41) is 0. The highest BCUT2D eigenvalue weighted by molar-refractivity contribution is 5.97. The number of anilines is 1. The van der Waals surface area contributed by atoms with E-state index in [0.29, 0.717) is 0 Å². The molecule has 0 bridgehead atoms. The molecule has 1 aliphatic heterocycles. The van der Waals surface area contributed by atoms with E-state index in [1.54, 1.807) is 0 Å². The predicted molar refractivity (Wildman–Crippen MR) is 108 cm³/mol. The molecule has 0 saturated heterocycles. The summed E-state index contributed by atoms with van der Waals surface area (Å²) in [6.07, 6.45) is 5.87. The van der Waals surface area contributed by atoms with Crippen molar-refractivity contribution < 1.29 is 9.36 Å². The van der Waals surface area contributed by atoms with Gasteiger partial charge >= 0.3 is 0 Å². The fraction of sp³-hybridized carbons (Fsp3) is 0.250. The maximum Gasteiger partial charge on any atom is 0.296 e. The van der Waals surface area contributed by atoms with E-state index in [0.717, 1.165) is 18.5 Å². The number of rotatable bonds is 4. The van der Waals surface area contributed by atoms with Crippen molar-refractivity contribution in [3.05, 3.63) is 95.8 Å². The van der Waals surface area contributed by atoms with Crippen molar-refractivity contribution in [3.63, 3.8) is 0 Å². The molecule has 2 heterocycles. The zero-order valence-electron chi connectivity index (χ0n) is 15.9. The van der Waals surface area contributed by atoms with E-state index >= 15 is 0 Å². The third-order valence-electron chi connectivity index (χ3n) is 5.42. The van der Waals surface area contributed by atoms with E-state index in [1.807, 2.05) is 47.0 Å². The van der Waals surface area contributed by atoms with Crippen LogP contribution in [0.1, 0.15) is 36.6 Å². The lowest BCUT2D eigenvalue weighted by Crippen LogP contribution is -2.49. The Labute approximate surface area is 160 Å². The van der Waals surface area contributed by atoms with Crippen LogP contribution in [0.15, 0.2) is 79.1 Å². The second-order valence-electron chi connectivity index (χ2n) is 7.38. The Balaban J connectivity index is 1.51. The first-order chi connectivity index (χ1) is 13.1. The summed E-state index contributed by atoms with van der Waals surface area (Å²) < 4.78 is 2.00. The quantitative estimate of drug-likeness (QED) is 0.645. The number of benzene rings is 2. The second-order valence-corrected chi connectivity index (χ2v) is 7.38. The molecule has 0 spiro atoms. The Morgan fingerprint density at radius 3 is 2.37 bits per heavy atom. The monoisotopic (exact) mass is 357 g/mol. The van der Waals surface area contributed by atoms with Gasteiger partial charge in [0, 0.05) is 30.8 Å². The first-order valence-electron chi connectivity index (χ1n) is 9.58. The smallest absolute Gasteiger partial charge is 0.296 e. The highest BCUT2D eigenvalue weighted by Gasteiger charge is 2.36. The SMILES string of the molecule is C[C@H]1Cc2ccccc2N1C(=O)[C@H](C)[n+]1ccc(Cc2ccccc2)cc1. The number of fused-ring (bicyclic) bond motifs is 1. The van der Waals surface area contributed by atoms with Gasteiger partial charge in [0.2, 0.25) is 6.04 Å². The van der Waals surface area contributed by atoms with Crippen LogP contribution in [-0.4, -0.2) is 11.9 Å². The molecule has 4 rings (SSSR count). The standard InChI is InChI=1S/C24H25N2O/c1-18-16-22-10-6-7-11-23(22)26(18)24(27)19(2)25-14-12-21(13-15-25)17-20-8-4-3-5-9-20/h3-15,18-19H,16-17H2,1-2H3/q+1/t18-,19-/m0/s1. The predicted octanol–water partition coefficient (Wildman–Crippen LogP) is 4.10. The van der Waals surface area contributed by atoms with E-state index in [9.17, 15) is 4.79 Å². The Bertz CT molecular complexity index is 934. The van der Waals surface area contributed by atoms with Gasteiger partial charge in [-0.3, -0.25) is 4.79 Å². The molecule has 2 atom stereocenters. The fourth-order valence-electron chi connectivity index (χ4n) is 3.91. The van der Waals surface area contributed by atoms with Crippen LogP contribution in [0.2, 0.25) is 0 Å². The molecule has 0 N–H and O–H groups in total. The molecule has 1 aliphatic rings. The summed E-state index contributed by atoms with van der Waals surface area (Å²) in [5.41, 5.74) is 4.86. The zero-order chi connectivity index (χ0) is 18.8. The number of hydrogen-bond acceptors (Lipinski definition) is 1. The van der Waals surface area contributed by atoms with Crippen molar-refractivity contribution in [2.24, 2.45) is 0 Å². The van der Waals surface area contributed by atoms with Crippen LogP contribution in [0, 0.1) is 0 Å². The highest BCUT2D eigenvalue weighted by Crippen LogP contribution is 2.32. The highest BCUT2D eigenvalue weighted by atomic mass is 16.2. The molecule has 27 heavy (non-hydrogen) atoms. The van der Waals surface area contributed by atoms with Crippen molar-refractivity contribution in [3.8, 4) is 0 Å². The molecule has 3 aromatic rings. The van der Waals surface area contributed by atoms with Crippen LogP contribution in [0.3, 0.4) is 0 Å². The molecule has 0 aliphatic carbocycles. The number of aromatic nitrogens is 1. The van der Waals surface area contributed by atoms with Crippen molar-refractivity contribution in [1.82, 2.24) is 0 Å².